The van der Waals surface area contributed by atoms with E-state index in [1.807, 2.05) is 24.3 Å². The molecule has 1 aliphatic rings. The number of anilines is 1. The molecule has 1 N–H and O–H groups in total. The molecule has 1 saturated heterocycles. The molecule has 3 aromatic carbocycles. The number of ether oxygens (including phenoxy) is 4. The molecule has 2 heterocycles. The summed E-state index contributed by atoms with van der Waals surface area (Å²) in [6, 6.07) is 18.5. The minimum absolute atomic E-state index is 0.0848. The molecule has 1 fully saturated rings. The summed E-state index contributed by atoms with van der Waals surface area (Å²) in [6.45, 7) is 0.824. The average molecular weight is 560 g/mol. The molecule has 11 heteroatoms. The van der Waals surface area contributed by atoms with Gasteiger partial charge in [0.05, 0.1) is 33.0 Å². The normalized spacial score (nSPS) is 15.3. The Hall–Kier alpha value is -4.64. The SMILES string of the molecule is COc1ccc(N(C(=O)Cn2nnc3ccccc32)[C@H](C(=O)NC[C@@H]2CCCO2)c2cccc(OC)c2OC)cc1. The third-order valence-corrected chi connectivity index (χ3v) is 7.09. The van der Waals surface area contributed by atoms with Gasteiger partial charge in [0.25, 0.3) is 0 Å². The van der Waals surface area contributed by atoms with Gasteiger partial charge in [-0.05, 0) is 55.3 Å². The van der Waals surface area contributed by atoms with Crippen molar-refractivity contribution in [2.24, 2.45) is 0 Å². The van der Waals surface area contributed by atoms with E-state index in [2.05, 4.69) is 15.6 Å². The van der Waals surface area contributed by atoms with Gasteiger partial charge < -0.3 is 24.3 Å². The number of nitrogens with zero attached hydrogens (tertiary/aromatic N) is 4. The first-order valence-electron chi connectivity index (χ1n) is 13.4. The molecule has 2 atom stereocenters. The maximum Gasteiger partial charge on any atom is 0.249 e. The zero-order valence-corrected chi connectivity index (χ0v) is 23.3. The maximum atomic E-state index is 14.3. The van der Waals surface area contributed by atoms with Crippen LogP contribution < -0.4 is 24.4 Å². The number of benzene rings is 3. The fourth-order valence-electron chi connectivity index (χ4n) is 5.06. The first kappa shape index (κ1) is 27.9. The Kier molecular flexibility index (Phi) is 8.64. The third kappa shape index (κ3) is 5.94. The van der Waals surface area contributed by atoms with Crippen LogP contribution in [0.3, 0.4) is 0 Å². The Bertz CT molecular complexity index is 1500. The molecule has 4 aromatic rings. The zero-order chi connectivity index (χ0) is 28.8. The van der Waals surface area contributed by atoms with Crippen LogP contribution in [0.1, 0.15) is 24.4 Å². The minimum atomic E-state index is -1.11. The molecule has 11 nitrogen and oxygen atoms in total. The van der Waals surface area contributed by atoms with Gasteiger partial charge in [0.15, 0.2) is 11.5 Å². The molecule has 2 amide bonds. The Balaban J connectivity index is 1.60. The van der Waals surface area contributed by atoms with Gasteiger partial charge in [0.2, 0.25) is 11.8 Å². The van der Waals surface area contributed by atoms with E-state index >= 15 is 0 Å². The van der Waals surface area contributed by atoms with Crippen molar-refractivity contribution in [3.63, 3.8) is 0 Å². The van der Waals surface area contributed by atoms with Crippen LogP contribution in [0.25, 0.3) is 11.0 Å². The van der Waals surface area contributed by atoms with E-state index in [1.54, 1.807) is 49.6 Å². The topological polar surface area (TPSA) is 117 Å². The summed E-state index contributed by atoms with van der Waals surface area (Å²) in [5.74, 6) is 0.630. The van der Waals surface area contributed by atoms with Gasteiger partial charge in [-0.3, -0.25) is 14.5 Å². The predicted octanol–water partition coefficient (Wildman–Crippen LogP) is 3.53. The summed E-state index contributed by atoms with van der Waals surface area (Å²) in [4.78, 5) is 29.8. The monoisotopic (exact) mass is 559 g/mol. The summed E-state index contributed by atoms with van der Waals surface area (Å²) >= 11 is 0. The standard InChI is InChI=1S/C30H33N5O6/c1-38-21-15-13-20(14-16-21)35(27(36)19-34-25-11-5-4-10-24(25)32-33-34)28(30(37)31-18-22-8-7-17-41-22)23-9-6-12-26(39-2)29(23)40-3/h4-6,9-16,22,28H,7-8,17-19H2,1-3H3,(H,31,37)/t22-,28-/m0/s1. The van der Waals surface area contributed by atoms with Crippen LogP contribution in [0.4, 0.5) is 5.69 Å². The fourth-order valence-corrected chi connectivity index (χ4v) is 5.06. The van der Waals surface area contributed by atoms with Crippen LogP contribution in [0, 0.1) is 0 Å². The quantitative estimate of drug-likeness (QED) is 0.297. The van der Waals surface area contributed by atoms with Crippen molar-refractivity contribution in [1.29, 1.82) is 0 Å². The molecule has 1 aromatic heterocycles. The van der Waals surface area contributed by atoms with E-state index in [1.165, 1.54) is 23.8 Å². The fraction of sp³-hybridized carbons (Fsp3) is 0.333. The summed E-state index contributed by atoms with van der Waals surface area (Å²) in [5.41, 5.74) is 2.32. The van der Waals surface area contributed by atoms with Gasteiger partial charge in [-0.15, -0.1) is 5.10 Å². The number of amides is 2. The molecule has 0 unspecified atom stereocenters. The number of carbonyl (C=O) groups excluding carboxylic acids is 2. The number of aromatic nitrogens is 3. The van der Waals surface area contributed by atoms with Crippen LogP contribution in [0.5, 0.6) is 17.2 Å². The van der Waals surface area contributed by atoms with E-state index in [-0.39, 0.29) is 24.5 Å². The Morgan fingerprint density at radius 2 is 1.83 bits per heavy atom. The van der Waals surface area contributed by atoms with Crippen molar-refractivity contribution < 1.29 is 28.5 Å². The van der Waals surface area contributed by atoms with Crippen molar-refractivity contribution in [2.75, 3.05) is 39.4 Å². The molecule has 0 aliphatic carbocycles. The second-order valence-electron chi connectivity index (χ2n) is 9.56. The van der Waals surface area contributed by atoms with Crippen LogP contribution in [-0.2, 0) is 20.9 Å². The minimum Gasteiger partial charge on any atom is -0.497 e. The van der Waals surface area contributed by atoms with Crippen molar-refractivity contribution in [3.05, 3.63) is 72.3 Å². The van der Waals surface area contributed by atoms with Crippen LogP contribution in [0.15, 0.2) is 66.7 Å². The maximum absolute atomic E-state index is 14.3. The number of hydrogen-bond donors (Lipinski definition) is 1. The Morgan fingerprint density at radius 1 is 1.02 bits per heavy atom. The zero-order valence-electron chi connectivity index (χ0n) is 23.3. The highest BCUT2D eigenvalue weighted by Gasteiger charge is 2.36. The van der Waals surface area contributed by atoms with Crippen molar-refractivity contribution in [3.8, 4) is 17.2 Å². The van der Waals surface area contributed by atoms with Gasteiger partial charge >= 0.3 is 0 Å². The van der Waals surface area contributed by atoms with Gasteiger partial charge in [-0.2, -0.15) is 0 Å². The molecular formula is C30H33N5O6. The van der Waals surface area contributed by atoms with Gasteiger partial charge in [0.1, 0.15) is 23.9 Å². The largest absolute Gasteiger partial charge is 0.497 e. The number of carbonyl (C=O) groups is 2. The van der Waals surface area contributed by atoms with E-state index in [0.717, 1.165) is 12.8 Å². The lowest BCUT2D eigenvalue weighted by Crippen LogP contribution is -2.46. The lowest BCUT2D eigenvalue weighted by molar-refractivity contribution is -0.127. The van der Waals surface area contributed by atoms with Gasteiger partial charge in [-0.25, -0.2) is 4.68 Å². The molecule has 0 spiro atoms. The van der Waals surface area contributed by atoms with Gasteiger partial charge in [0, 0.05) is 24.4 Å². The third-order valence-electron chi connectivity index (χ3n) is 7.09. The van der Waals surface area contributed by atoms with E-state index < -0.39 is 6.04 Å². The predicted molar refractivity (Wildman–Crippen MR) is 152 cm³/mol. The van der Waals surface area contributed by atoms with Crippen molar-refractivity contribution in [2.45, 2.75) is 31.5 Å². The van der Waals surface area contributed by atoms with E-state index in [0.29, 0.717) is 52.7 Å². The number of para-hydroxylation sites is 2. The molecule has 1 aliphatic heterocycles. The second kappa shape index (κ2) is 12.7. The number of hydrogen-bond acceptors (Lipinski definition) is 8. The molecular weight excluding hydrogens is 526 g/mol. The van der Waals surface area contributed by atoms with E-state index in [9.17, 15) is 9.59 Å². The lowest BCUT2D eigenvalue weighted by atomic mass is 10.0. The first-order chi connectivity index (χ1) is 20.0. The summed E-state index contributed by atoms with van der Waals surface area (Å²) in [7, 11) is 4.59. The smallest absolute Gasteiger partial charge is 0.249 e. The second-order valence-corrected chi connectivity index (χ2v) is 9.56. The van der Waals surface area contributed by atoms with Crippen molar-refractivity contribution in [1.82, 2.24) is 20.3 Å². The first-order valence-corrected chi connectivity index (χ1v) is 13.4. The van der Waals surface area contributed by atoms with Crippen molar-refractivity contribution >= 4 is 28.5 Å². The number of fused-ring (bicyclic) bond motifs is 1. The number of rotatable bonds is 11. The van der Waals surface area contributed by atoms with Crippen LogP contribution >= 0.6 is 0 Å². The molecule has 0 bridgehead atoms. The van der Waals surface area contributed by atoms with Gasteiger partial charge in [-0.1, -0.05) is 29.5 Å². The average Bonchev–Trinajstić information content (AvgIpc) is 3.68. The number of methoxy groups -OCH3 is 3. The summed E-state index contributed by atoms with van der Waals surface area (Å²) < 4.78 is 23.9. The Labute approximate surface area is 237 Å². The summed E-state index contributed by atoms with van der Waals surface area (Å²) in [6.07, 6.45) is 1.71. The molecule has 5 rings (SSSR count). The van der Waals surface area contributed by atoms with Crippen LogP contribution in [-0.4, -0.2) is 67.4 Å². The van der Waals surface area contributed by atoms with Crippen LogP contribution in [0.2, 0.25) is 0 Å². The molecule has 0 radical (unpaired) electrons. The number of nitrogens with one attached hydrogen (secondary N) is 1. The highest BCUT2D eigenvalue weighted by molar-refractivity contribution is 6.02. The highest BCUT2D eigenvalue weighted by atomic mass is 16.5. The Morgan fingerprint density at radius 3 is 2.54 bits per heavy atom. The summed E-state index contributed by atoms with van der Waals surface area (Å²) in [5, 5.41) is 11.4. The highest BCUT2D eigenvalue weighted by Crippen LogP contribution is 2.39. The van der Waals surface area contributed by atoms with E-state index in [4.69, 9.17) is 18.9 Å². The lowest BCUT2D eigenvalue weighted by Gasteiger charge is -2.33. The molecule has 41 heavy (non-hydrogen) atoms. The molecule has 0 saturated carbocycles. The molecule has 214 valence electrons.